The van der Waals surface area contributed by atoms with E-state index in [0.717, 1.165) is 32.1 Å². The Morgan fingerprint density at radius 1 is 0.952 bits per heavy atom. The first kappa shape index (κ1) is 20.3. The Kier molecular flexibility index (Phi) is 13.8. The molecule has 0 saturated carbocycles. The van der Waals surface area contributed by atoms with Crippen LogP contribution in [0.3, 0.4) is 0 Å². The normalized spacial score (nSPS) is 14.5. The van der Waals surface area contributed by atoms with Crippen LogP contribution in [0.15, 0.2) is 12.2 Å². The van der Waals surface area contributed by atoms with Gasteiger partial charge in [0.05, 0.1) is 6.61 Å². The molecular formula is C17H32O4. The molecule has 0 aliphatic heterocycles. The molecule has 0 bridgehead atoms. The number of hydrogen-bond donors (Lipinski definition) is 3. The van der Waals surface area contributed by atoms with Crippen LogP contribution < -0.4 is 0 Å². The van der Waals surface area contributed by atoms with E-state index >= 15 is 0 Å². The van der Waals surface area contributed by atoms with E-state index in [1.165, 1.54) is 25.7 Å². The van der Waals surface area contributed by atoms with E-state index < -0.39 is 18.8 Å². The van der Waals surface area contributed by atoms with E-state index in [9.17, 15) is 9.90 Å². The van der Waals surface area contributed by atoms with Gasteiger partial charge in [0, 0.05) is 6.42 Å². The largest absolute Gasteiger partial charge is 0.394 e. The monoisotopic (exact) mass is 300 g/mol. The summed E-state index contributed by atoms with van der Waals surface area (Å²) < 4.78 is 0. The van der Waals surface area contributed by atoms with Gasteiger partial charge in [0.2, 0.25) is 0 Å². The van der Waals surface area contributed by atoms with Crippen LogP contribution in [0, 0.1) is 0 Å². The summed E-state index contributed by atoms with van der Waals surface area (Å²) in [6.07, 6.45) is 12.0. The molecule has 0 radical (unpaired) electrons. The van der Waals surface area contributed by atoms with Gasteiger partial charge in [0.15, 0.2) is 5.78 Å². The van der Waals surface area contributed by atoms with E-state index in [1.807, 2.05) is 0 Å². The standard InChI is InChI=1S/C17H32O4/c1-2-3-4-5-6-7-8-9-10-11-12-13-15(19)17(21)16(20)14-18/h5-6,16-18,20-21H,2-4,7-14H2,1H3/b6-5-. The van der Waals surface area contributed by atoms with Gasteiger partial charge in [-0.05, 0) is 25.7 Å². The lowest BCUT2D eigenvalue weighted by molar-refractivity contribution is -0.134. The summed E-state index contributed by atoms with van der Waals surface area (Å²) in [4.78, 5) is 11.5. The second-order valence-electron chi connectivity index (χ2n) is 5.58. The SMILES string of the molecule is CCCC/C=C\CCCCCCCC(=O)C(O)C(O)CO. The lowest BCUT2D eigenvalue weighted by Crippen LogP contribution is -2.36. The molecule has 0 amide bonds. The van der Waals surface area contributed by atoms with Crippen LogP contribution in [0.2, 0.25) is 0 Å². The number of allylic oxidation sites excluding steroid dienone is 2. The zero-order valence-electron chi connectivity index (χ0n) is 13.3. The highest BCUT2D eigenvalue weighted by Crippen LogP contribution is 2.10. The molecule has 2 atom stereocenters. The minimum absolute atomic E-state index is 0.273. The molecule has 4 heteroatoms. The number of ketones is 1. The smallest absolute Gasteiger partial charge is 0.164 e. The van der Waals surface area contributed by atoms with Gasteiger partial charge in [-0.1, -0.05) is 51.2 Å². The van der Waals surface area contributed by atoms with Crippen molar-refractivity contribution in [3.05, 3.63) is 12.2 Å². The average molecular weight is 300 g/mol. The average Bonchev–Trinajstić information content (AvgIpc) is 2.50. The molecule has 0 fully saturated rings. The zero-order chi connectivity index (χ0) is 15.9. The second-order valence-corrected chi connectivity index (χ2v) is 5.58. The van der Waals surface area contributed by atoms with Crippen LogP contribution in [0.5, 0.6) is 0 Å². The predicted molar refractivity (Wildman–Crippen MR) is 85.1 cm³/mol. The third kappa shape index (κ3) is 11.6. The molecule has 3 N–H and O–H groups in total. The Balaban J connectivity index is 3.40. The third-order valence-electron chi connectivity index (χ3n) is 3.57. The third-order valence-corrected chi connectivity index (χ3v) is 3.57. The number of carbonyl (C=O) groups is 1. The molecule has 0 saturated heterocycles. The molecule has 0 aliphatic carbocycles. The van der Waals surface area contributed by atoms with E-state index in [4.69, 9.17) is 10.2 Å². The Hall–Kier alpha value is -0.710. The maximum absolute atomic E-state index is 11.5. The minimum atomic E-state index is -1.44. The van der Waals surface area contributed by atoms with Gasteiger partial charge < -0.3 is 15.3 Å². The molecule has 0 rings (SSSR count). The first-order valence-electron chi connectivity index (χ1n) is 8.28. The first-order chi connectivity index (χ1) is 10.1. The van der Waals surface area contributed by atoms with Gasteiger partial charge in [0.1, 0.15) is 12.2 Å². The number of aliphatic hydroxyl groups excluding tert-OH is 3. The maximum atomic E-state index is 11.5. The number of unbranched alkanes of at least 4 members (excludes halogenated alkanes) is 7. The van der Waals surface area contributed by atoms with Crippen molar-refractivity contribution in [2.75, 3.05) is 6.61 Å². The number of Topliss-reactive ketones (excluding diaryl/α,β-unsaturated/α-hetero) is 1. The topological polar surface area (TPSA) is 77.8 Å². The summed E-state index contributed by atoms with van der Waals surface area (Å²) in [6.45, 7) is 1.61. The van der Waals surface area contributed by atoms with Crippen LogP contribution in [0.1, 0.15) is 71.1 Å². The van der Waals surface area contributed by atoms with Crippen LogP contribution in [0.4, 0.5) is 0 Å². The van der Waals surface area contributed by atoms with E-state index in [-0.39, 0.29) is 12.2 Å². The molecule has 4 nitrogen and oxygen atoms in total. The highest BCUT2D eigenvalue weighted by Gasteiger charge is 2.22. The molecule has 0 heterocycles. The Morgan fingerprint density at radius 3 is 2.14 bits per heavy atom. The van der Waals surface area contributed by atoms with E-state index in [2.05, 4.69) is 19.1 Å². The number of aliphatic hydroxyl groups is 3. The molecule has 124 valence electrons. The molecule has 0 aromatic rings. The van der Waals surface area contributed by atoms with Gasteiger partial charge in [-0.25, -0.2) is 0 Å². The quantitative estimate of drug-likeness (QED) is 0.340. The molecule has 0 aliphatic rings. The molecule has 0 aromatic heterocycles. The van der Waals surface area contributed by atoms with Crippen molar-refractivity contribution < 1.29 is 20.1 Å². The van der Waals surface area contributed by atoms with Crippen LogP contribution >= 0.6 is 0 Å². The summed E-state index contributed by atoms with van der Waals surface area (Å²) in [5, 5.41) is 27.2. The molecule has 2 unspecified atom stereocenters. The van der Waals surface area contributed by atoms with Gasteiger partial charge >= 0.3 is 0 Å². The first-order valence-corrected chi connectivity index (χ1v) is 8.28. The van der Waals surface area contributed by atoms with Gasteiger partial charge in [-0.3, -0.25) is 4.79 Å². The summed E-state index contributed by atoms with van der Waals surface area (Å²) in [5.41, 5.74) is 0. The van der Waals surface area contributed by atoms with Crippen molar-refractivity contribution in [2.45, 2.75) is 83.3 Å². The second kappa shape index (κ2) is 14.2. The molecule has 21 heavy (non-hydrogen) atoms. The van der Waals surface area contributed by atoms with Crippen molar-refractivity contribution in [1.29, 1.82) is 0 Å². The zero-order valence-corrected chi connectivity index (χ0v) is 13.3. The number of rotatable bonds is 14. The van der Waals surface area contributed by atoms with Crippen LogP contribution in [0.25, 0.3) is 0 Å². The van der Waals surface area contributed by atoms with Crippen LogP contribution in [-0.2, 0) is 4.79 Å². The molecule has 0 spiro atoms. The molecule has 0 aromatic carbocycles. The Bertz CT molecular complexity index is 276. The highest BCUT2D eigenvalue weighted by atomic mass is 16.4. The van der Waals surface area contributed by atoms with Crippen molar-refractivity contribution in [1.82, 2.24) is 0 Å². The highest BCUT2D eigenvalue weighted by molar-refractivity contribution is 5.83. The van der Waals surface area contributed by atoms with Gasteiger partial charge in [0.25, 0.3) is 0 Å². The van der Waals surface area contributed by atoms with Crippen molar-refractivity contribution in [2.24, 2.45) is 0 Å². The summed E-state index contributed by atoms with van der Waals surface area (Å²) in [7, 11) is 0. The Labute approximate surface area is 128 Å². The fraction of sp³-hybridized carbons (Fsp3) is 0.824. The van der Waals surface area contributed by atoms with Gasteiger partial charge in [-0.15, -0.1) is 0 Å². The lowest BCUT2D eigenvalue weighted by atomic mass is 10.0. The van der Waals surface area contributed by atoms with Crippen LogP contribution in [-0.4, -0.2) is 39.9 Å². The summed E-state index contributed by atoms with van der Waals surface area (Å²) in [5.74, 6) is -0.379. The van der Waals surface area contributed by atoms with E-state index in [0.29, 0.717) is 0 Å². The fourth-order valence-electron chi connectivity index (χ4n) is 2.11. The number of hydrogen-bond acceptors (Lipinski definition) is 4. The van der Waals surface area contributed by atoms with Crippen molar-refractivity contribution in [3.8, 4) is 0 Å². The van der Waals surface area contributed by atoms with Gasteiger partial charge in [-0.2, -0.15) is 0 Å². The number of carbonyl (C=O) groups excluding carboxylic acids is 1. The minimum Gasteiger partial charge on any atom is -0.394 e. The van der Waals surface area contributed by atoms with Crippen molar-refractivity contribution in [3.63, 3.8) is 0 Å². The molecular weight excluding hydrogens is 268 g/mol. The van der Waals surface area contributed by atoms with Crippen molar-refractivity contribution >= 4 is 5.78 Å². The Morgan fingerprint density at radius 2 is 1.52 bits per heavy atom. The lowest BCUT2D eigenvalue weighted by Gasteiger charge is -2.13. The predicted octanol–water partition coefficient (Wildman–Crippen LogP) is 2.75. The summed E-state index contributed by atoms with van der Waals surface area (Å²) in [6, 6.07) is 0. The summed E-state index contributed by atoms with van der Waals surface area (Å²) >= 11 is 0. The van der Waals surface area contributed by atoms with E-state index in [1.54, 1.807) is 0 Å². The maximum Gasteiger partial charge on any atom is 0.164 e. The fourth-order valence-corrected chi connectivity index (χ4v) is 2.11.